The van der Waals surface area contributed by atoms with Gasteiger partial charge in [-0.15, -0.1) is 12.4 Å². The van der Waals surface area contributed by atoms with Gasteiger partial charge in [0.15, 0.2) is 0 Å². The molecule has 0 saturated carbocycles. The fraction of sp³-hybridized carbons (Fsp3) is 0.381. The molecule has 2 aromatic rings. The molecule has 0 radical (unpaired) electrons. The van der Waals surface area contributed by atoms with Gasteiger partial charge in [0.05, 0.1) is 19.2 Å². The highest BCUT2D eigenvalue weighted by Crippen LogP contribution is 2.30. The standard InChI is InChI=1S/C21H26N2O2.ClH/c1-15(23-21(24)19-8-5-6-14-22-19)16-10-12-17(13-11-16)18-7-3-4-9-20(18)25-2;/h3-4,7,9-13,15,19,22H,5-6,8,14H2,1-2H3,(H,23,24);1H. The monoisotopic (exact) mass is 374 g/mol. The van der Waals surface area contributed by atoms with Gasteiger partial charge < -0.3 is 15.4 Å². The summed E-state index contributed by atoms with van der Waals surface area (Å²) in [6.45, 7) is 2.96. The van der Waals surface area contributed by atoms with E-state index in [0.29, 0.717) is 0 Å². The van der Waals surface area contributed by atoms with Gasteiger partial charge in [0.1, 0.15) is 5.75 Å². The lowest BCUT2D eigenvalue weighted by atomic mass is 10.00. The minimum atomic E-state index is -0.0518. The average Bonchev–Trinajstić information content (AvgIpc) is 2.68. The molecule has 4 nitrogen and oxygen atoms in total. The van der Waals surface area contributed by atoms with Crippen LogP contribution in [0.4, 0.5) is 0 Å². The lowest BCUT2D eigenvalue weighted by Crippen LogP contribution is -2.47. The molecule has 0 spiro atoms. The topological polar surface area (TPSA) is 50.4 Å². The van der Waals surface area contributed by atoms with E-state index in [1.54, 1.807) is 7.11 Å². The van der Waals surface area contributed by atoms with Crippen LogP contribution in [0.3, 0.4) is 0 Å². The van der Waals surface area contributed by atoms with Crippen molar-refractivity contribution in [2.75, 3.05) is 13.7 Å². The maximum atomic E-state index is 12.4. The second kappa shape index (κ2) is 9.60. The van der Waals surface area contributed by atoms with Gasteiger partial charge in [-0.1, -0.05) is 48.9 Å². The van der Waals surface area contributed by atoms with Crippen molar-refractivity contribution in [2.24, 2.45) is 0 Å². The Bertz CT molecular complexity index is 712. The van der Waals surface area contributed by atoms with Gasteiger partial charge in [-0.05, 0) is 43.5 Å². The average molecular weight is 375 g/mol. The number of hydrogen-bond acceptors (Lipinski definition) is 3. The third-order valence-corrected chi connectivity index (χ3v) is 4.81. The van der Waals surface area contributed by atoms with E-state index in [1.165, 1.54) is 0 Å². The van der Waals surface area contributed by atoms with Crippen molar-refractivity contribution in [1.29, 1.82) is 0 Å². The van der Waals surface area contributed by atoms with E-state index >= 15 is 0 Å². The van der Waals surface area contributed by atoms with E-state index in [9.17, 15) is 4.79 Å². The highest BCUT2D eigenvalue weighted by molar-refractivity contribution is 5.85. The lowest BCUT2D eigenvalue weighted by Gasteiger charge is -2.24. The number of ether oxygens (including phenoxy) is 1. The normalized spacial score (nSPS) is 17.7. The van der Waals surface area contributed by atoms with Crippen molar-refractivity contribution in [3.05, 3.63) is 54.1 Å². The number of para-hydroxylation sites is 1. The number of piperidine rings is 1. The number of nitrogens with one attached hydrogen (secondary N) is 2. The molecule has 0 aromatic heterocycles. The zero-order chi connectivity index (χ0) is 17.6. The van der Waals surface area contributed by atoms with Crippen LogP contribution in [-0.4, -0.2) is 25.6 Å². The number of benzene rings is 2. The Morgan fingerprint density at radius 2 is 1.88 bits per heavy atom. The van der Waals surface area contributed by atoms with Crippen LogP contribution in [0, 0.1) is 0 Å². The summed E-state index contributed by atoms with van der Waals surface area (Å²) in [5.74, 6) is 0.959. The lowest BCUT2D eigenvalue weighted by molar-refractivity contribution is -0.124. The maximum absolute atomic E-state index is 12.4. The Labute approximate surface area is 161 Å². The second-order valence-corrected chi connectivity index (χ2v) is 6.56. The number of methoxy groups -OCH3 is 1. The summed E-state index contributed by atoms with van der Waals surface area (Å²) >= 11 is 0. The molecule has 26 heavy (non-hydrogen) atoms. The minimum absolute atomic E-state index is 0. The van der Waals surface area contributed by atoms with Gasteiger partial charge in [0.25, 0.3) is 0 Å². The summed E-state index contributed by atoms with van der Waals surface area (Å²) in [7, 11) is 1.68. The zero-order valence-electron chi connectivity index (χ0n) is 15.3. The van der Waals surface area contributed by atoms with Crippen LogP contribution in [0.1, 0.15) is 37.8 Å². The predicted molar refractivity (Wildman–Crippen MR) is 108 cm³/mol. The molecule has 2 N–H and O–H groups in total. The predicted octanol–water partition coefficient (Wildman–Crippen LogP) is 4.10. The van der Waals surface area contributed by atoms with Crippen molar-refractivity contribution >= 4 is 18.3 Å². The summed E-state index contributed by atoms with van der Waals surface area (Å²) in [5, 5.41) is 6.41. The van der Waals surface area contributed by atoms with Gasteiger partial charge in [-0.2, -0.15) is 0 Å². The Morgan fingerprint density at radius 3 is 2.54 bits per heavy atom. The molecule has 5 heteroatoms. The van der Waals surface area contributed by atoms with Crippen LogP contribution >= 0.6 is 12.4 Å². The van der Waals surface area contributed by atoms with Gasteiger partial charge in [-0.25, -0.2) is 0 Å². The molecular formula is C21H27ClN2O2. The van der Waals surface area contributed by atoms with E-state index in [2.05, 4.69) is 34.9 Å². The zero-order valence-corrected chi connectivity index (χ0v) is 16.1. The smallest absolute Gasteiger partial charge is 0.237 e. The Morgan fingerprint density at radius 1 is 1.15 bits per heavy atom. The third kappa shape index (κ3) is 4.77. The fourth-order valence-corrected chi connectivity index (χ4v) is 3.31. The molecular weight excluding hydrogens is 348 g/mol. The number of carbonyl (C=O) groups is 1. The van der Waals surface area contributed by atoms with Crippen LogP contribution in [0.5, 0.6) is 5.75 Å². The number of hydrogen-bond donors (Lipinski definition) is 2. The molecule has 1 fully saturated rings. The van der Waals surface area contributed by atoms with E-state index in [4.69, 9.17) is 4.74 Å². The van der Waals surface area contributed by atoms with Crippen LogP contribution in [0.25, 0.3) is 11.1 Å². The molecule has 0 aliphatic carbocycles. The Kier molecular flexibility index (Phi) is 7.49. The summed E-state index contributed by atoms with van der Waals surface area (Å²) in [6.07, 6.45) is 3.20. The SMILES string of the molecule is COc1ccccc1-c1ccc(C(C)NC(=O)C2CCCCN2)cc1.Cl. The van der Waals surface area contributed by atoms with Gasteiger partial charge in [0, 0.05) is 5.56 Å². The summed E-state index contributed by atoms with van der Waals surface area (Å²) in [5.41, 5.74) is 3.27. The Balaban J connectivity index is 0.00000243. The van der Waals surface area contributed by atoms with Crippen molar-refractivity contribution < 1.29 is 9.53 Å². The van der Waals surface area contributed by atoms with Crippen LogP contribution in [0.15, 0.2) is 48.5 Å². The van der Waals surface area contributed by atoms with E-state index in [0.717, 1.165) is 48.2 Å². The first kappa shape index (κ1) is 20.3. The molecule has 3 rings (SSSR count). The quantitative estimate of drug-likeness (QED) is 0.828. The first-order valence-electron chi connectivity index (χ1n) is 8.96. The molecule has 1 aliphatic rings. The maximum Gasteiger partial charge on any atom is 0.237 e. The van der Waals surface area contributed by atoms with Crippen LogP contribution in [-0.2, 0) is 4.79 Å². The summed E-state index contributed by atoms with van der Waals surface area (Å²) < 4.78 is 5.43. The van der Waals surface area contributed by atoms with E-state index < -0.39 is 0 Å². The molecule has 2 aromatic carbocycles. The van der Waals surface area contributed by atoms with Crippen molar-refractivity contribution in [3.8, 4) is 16.9 Å². The van der Waals surface area contributed by atoms with Crippen molar-refractivity contribution in [2.45, 2.75) is 38.3 Å². The van der Waals surface area contributed by atoms with Crippen molar-refractivity contribution in [1.82, 2.24) is 10.6 Å². The first-order chi connectivity index (χ1) is 12.2. The molecule has 1 heterocycles. The summed E-state index contributed by atoms with van der Waals surface area (Å²) in [6, 6.07) is 16.2. The van der Waals surface area contributed by atoms with E-state index in [1.807, 2.05) is 31.2 Å². The van der Waals surface area contributed by atoms with Crippen LogP contribution in [0.2, 0.25) is 0 Å². The highest BCUT2D eigenvalue weighted by atomic mass is 35.5. The molecule has 1 aliphatic heterocycles. The Hall–Kier alpha value is -2.04. The number of halogens is 1. The largest absolute Gasteiger partial charge is 0.496 e. The number of amides is 1. The van der Waals surface area contributed by atoms with Crippen molar-refractivity contribution in [3.63, 3.8) is 0 Å². The van der Waals surface area contributed by atoms with Gasteiger partial charge in [-0.3, -0.25) is 4.79 Å². The number of rotatable bonds is 5. The second-order valence-electron chi connectivity index (χ2n) is 6.56. The van der Waals surface area contributed by atoms with Gasteiger partial charge >= 0.3 is 0 Å². The minimum Gasteiger partial charge on any atom is -0.496 e. The third-order valence-electron chi connectivity index (χ3n) is 4.81. The molecule has 1 amide bonds. The number of carbonyl (C=O) groups excluding carboxylic acids is 1. The summed E-state index contributed by atoms with van der Waals surface area (Å²) in [4.78, 5) is 12.4. The fourth-order valence-electron chi connectivity index (χ4n) is 3.31. The highest BCUT2D eigenvalue weighted by Gasteiger charge is 2.22. The molecule has 1 saturated heterocycles. The van der Waals surface area contributed by atoms with Gasteiger partial charge in [0.2, 0.25) is 5.91 Å². The molecule has 2 atom stereocenters. The van der Waals surface area contributed by atoms with Crippen LogP contribution < -0.4 is 15.4 Å². The first-order valence-corrected chi connectivity index (χ1v) is 8.96. The van der Waals surface area contributed by atoms with E-state index in [-0.39, 0.29) is 30.4 Å². The molecule has 2 unspecified atom stereocenters. The molecule has 0 bridgehead atoms. The molecule has 140 valence electrons.